The van der Waals surface area contributed by atoms with Gasteiger partial charge >= 0.3 is 0 Å². The number of ketones is 3. The fourth-order valence-electron chi connectivity index (χ4n) is 18.1. The lowest BCUT2D eigenvalue weighted by Gasteiger charge is -2.29. The number of nitrogens with zero attached hydrogens (tertiary/aromatic N) is 1. The summed E-state index contributed by atoms with van der Waals surface area (Å²) in [5.74, 6) is 4.16. The van der Waals surface area contributed by atoms with Gasteiger partial charge in [0.05, 0.1) is 5.52 Å². The topological polar surface area (TPSA) is 56.1 Å². The van der Waals surface area contributed by atoms with E-state index in [-0.39, 0.29) is 17.8 Å². The molecule has 0 radical (unpaired) electrons. The molecule has 10 aliphatic carbocycles. The number of hydrogen-bond acceptors (Lipinski definition) is 3. The van der Waals surface area contributed by atoms with Crippen LogP contribution in [0.2, 0.25) is 0 Å². The number of Topliss-reactive ketones (excluding diaryl/α,β-unsaturated/α-hetero) is 3. The molecule has 0 fully saturated rings. The summed E-state index contributed by atoms with van der Waals surface area (Å²) in [7, 11) is 0. The van der Waals surface area contributed by atoms with Crippen LogP contribution in [0.15, 0.2) is 156 Å². The van der Waals surface area contributed by atoms with Gasteiger partial charge in [0.1, 0.15) is 0 Å². The smallest absolute Gasteiger partial charge is 0.168 e. The van der Waals surface area contributed by atoms with Crippen molar-refractivity contribution in [1.82, 2.24) is 4.57 Å². The van der Waals surface area contributed by atoms with Crippen molar-refractivity contribution in [3.63, 3.8) is 0 Å². The fraction of sp³-hybridized carbons (Fsp3) is 0.444. The zero-order valence-corrected chi connectivity index (χ0v) is 51.5. The van der Waals surface area contributed by atoms with E-state index in [1.54, 1.807) is 5.57 Å². The van der Waals surface area contributed by atoms with Crippen molar-refractivity contribution in [3.05, 3.63) is 217 Å². The quantitative estimate of drug-likeness (QED) is 0.132. The second kappa shape index (κ2) is 23.2. The molecular formula is C81H89NO3. The molecule has 5 aromatic rings. The number of carbonyl (C=O) groups is 3. The average Bonchev–Trinajstić information content (AvgIpc) is 2.13. The van der Waals surface area contributed by atoms with Gasteiger partial charge in [-0.3, -0.25) is 14.4 Å². The highest BCUT2D eigenvalue weighted by Crippen LogP contribution is 2.56. The molecule has 2 heterocycles. The molecule has 4 aromatic carbocycles. The van der Waals surface area contributed by atoms with Gasteiger partial charge in [-0.2, -0.15) is 0 Å². The maximum Gasteiger partial charge on any atom is 0.168 e. The highest BCUT2D eigenvalue weighted by Gasteiger charge is 2.45. The Morgan fingerprint density at radius 3 is 1.72 bits per heavy atom. The molecule has 0 bridgehead atoms. The van der Waals surface area contributed by atoms with Crippen LogP contribution < -0.4 is 0 Å². The second-order valence-corrected chi connectivity index (χ2v) is 28.6. The summed E-state index contributed by atoms with van der Waals surface area (Å²) >= 11 is 0. The van der Waals surface area contributed by atoms with Gasteiger partial charge in [0.25, 0.3) is 0 Å². The van der Waals surface area contributed by atoms with Crippen LogP contribution in [0.4, 0.5) is 0 Å². The van der Waals surface area contributed by atoms with Crippen molar-refractivity contribution in [3.8, 4) is 0 Å². The molecule has 0 N–H and O–H groups in total. The Labute approximate surface area is 507 Å². The van der Waals surface area contributed by atoms with Gasteiger partial charge < -0.3 is 4.57 Å². The van der Waals surface area contributed by atoms with Gasteiger partial charge in [-0.05, 0) is 203 Å². The molecule has 0 spiro atoms. The number of benzene rings is 4. The van der Waals surface area contributed by atoms with Gasteiger partial charge in [0.2, 0.25) is 0 Å². The third-order valence-corrected chi connectivity index (χ3v) is 22.0. The van der Waals surface area contributed by atoms with Crippen LogP contribution in [-0.4, -0.2) is 21.9 Å². The number of hydrogen-bond donors (Lipinski definition) is 0. The normalized spacial score (nSPS) is 26.3. The van der Waals surface area contributed by atoms with Gasteiger partial charge in [0, 0.05) is 69.8 Å². The lowest BCUT2D eigenvalue weighted by molar-refractivity contribution is -0.119. The Morgan fingerprint density at radius 2 is 1.08 bits per heavy atom. The van der Waals surface area contributed by atoms with Gasteiger partial charge in [0.15, 0.2) is 17.3 Å². The third kappa shape index (κ3) is 10.4. The summed E-state index contributed by atoms with van der Waals surface area (Å²) < 4.78 is 2.46. The maximum atomic E-state index is 13.7. The summed E-state index contributed by atoms with van der Waals surface area (Å²) in [5, 5.41) is 1.20. The molecule has 1 aliphatic heterocycles. The number of fused-ring (bicyclic) bond motifs is 7. The zero-order valence-electron chi connectivity index (χ0n) is 51.5. The Kier molecular flexibility index (Phi) is 15.3. The number of carbonyl (C=O) groups excluding carboxylic acids is 3. The first-order valence-corrected chi connectivity index (χ1v) is 33.6. The minimum Gasteiger partial charge on any atom is -0.344 e. The van der Waals surface area contributed by atoms with Gasteiger partial charge in [-0.15, -0.1) is 0 Å². The third-order valence-electron chi connectivity index (χ3n) is 22.0. The van der Waals surface area contributed by atoms with E-state index in [9.17, 15) is 14.4 Å². The van der Waals surface area contributed by atoms with Gasteiger partial charge in [-0.1, -0.05) is 196 Å². The van der Waals surface area contributed by atoms with Crippen molar-refractivity contribution in [2.75, 3.05) is 0 Å². The SMILES string of the molecule is CC(C)(C)CC1=CC=CC1C[C@H]1CCC2=C(C1=O)c1cccc3c1C2CCC3.CCCCC1=CC=CC1C[C@H]1CCC2=C(C1=O)c1cccc3c1C2CCC3.Cc1ccc(C2=CC=CC2C[C@H]2CCc3c(c4cccc5c4n3CCC5)C2=O)cc1. The molecule has 5 unspecified atom stereocenters. The van der Waals surface area contributed by atoms with E-state index in [4.69, 9.17) is 0 Å². The number of aromatic nitrogens is 1. The Balaban J connectivity index is 0.000000113. The zero-order chi connectivity index (χ0) is 58.1. The maximum absolute atomic E-state index is 13.7. The van der Waals surface area contributed by atoms with Crippen LogP contribution in [0.3, 0.4) is 0 Å². The number of rotatable bonds is 11. The molecule has 16 rings (SSSR count). The number of para-hydroxylation sites is 1. The molecule has 436 valence electrons. The fourth-order valence-corrected chi connectivity index (χ4v) is 18.1. The summed E-state index contributed by atoms with van der Waals surface area (Å²) in [5.41, 5.74) is 26.2. The predicted octanol–water partition coefficient (Wildman–Crippen LogP) is 19.6. The molecule has 4 heteroatoms. The molecule has 8 atom stereocenters. The molecule has 11 aliphatic rings. The first-order chi connectivity index (χ1) is 41.4. The Hall–Kier alpha value is -6.65. The van der Waals surface area contributed by atoms with Crippen molar-refractivity contribution >= 4 is 45.0 Å². The van der Waals surface area contributed by atoms with E-state index in [2.05, 4.69) is 173 Å². The average molecular weight is 1120 g/mol. The van der Waals surface area contributed by atoms with E-state index in [1.165, 1.54) is 153 Å². The minimum atomic E-state index is 0.113. The molecule has 85 heavy (non-hydrogen) atoms. The highest BCUT2D eigenvalue weighted by molar-refractivity contribution is 6.26. The van der Waals surface area contributed by atoms with Crippen molar-refractivity contribution in [2.24, 2.45) is 40.9 Å². The monoisotopic (exact) mass is 1120 g/mol. The van der Waals surface area contributed by atoms with E-state index < -0.39 is 0 Å². The van der Waals surface area contributed by atoms with Crippen molar-refractivity contribution in [2.45, 2.75) is 188 Å². The summed E-state index contributed by atoms with van der Waals surface area (Å²) in [6.07, 6.45) is 44.2. The van der Waals surface area contributed by atoms with E-state index in [0.717, 1.165) is 93.9 Å². The van der Waals surface area contributed by atoms with Gasteiger partial charge in [-0.25, -0.2) is 0 Å². The Morgan fingerprint density at radius 1 is 0.541 bits per heavy atom. The van der Waals surface area contributed by atoms with Crippen molar-refractivity contribution in [1.29, 1.82) is 0 Å². The molecular weight excluding hydrogens is 1030 g/mol. The molecule has 1 aromatic heterocycles. The molecule has 4 nitrogen and oxygen atoms in total. The van der Waals surface area contributed by atoms with Crippen LogP contribution in [0.1, 0.15) is 215 Å². The lowest BCUT2D eigenvalue weighted by atomic mass is 9.74. The molecule has 0 amide bonds. The van der Waals surface area contributed by atoms with E-state index >= 15 is 0 Å². The summed E-state index contributed by atoms with van der Waals surface area (Å²) in [6, 6.07) is 28.7. The van der Waals surface area contributed by atoms with E-state index in [0.29, 0.717) is 52.4 Å². The second-order valence-electron chi connectivity index (χ2n) is 28.6. The van der Waals surface area contributed by atoms with Crippen LogP contribution in [0, 0.1) is 47.8 Å². The summed E-state index contributed by atoms with van der Waals surface area (Å²) in [4.78, 5) is 40.9. The van der Waals surface area contributed by atoms with Crippen LogP contribution in [0.5, 0.6) is 0 Å². The van der Waals surface area contributed by atoms with Crippen LogP contribution in [0.25, 0.3) is 27.6 Å². The van der Waals surface area contributed by atoms with Crippen LogP contribution in [-0.2, 0) is 41.8 Å². The number of unbranched alkanes of at least 4 members (excludes halogenated alkanes) is 1. The first kappa shape index (κ1) is 56.2. The predicted molar refractivity (Wildman–Crippen MR) is 351 cm³/mol. The number of allylic oxidation sites excluding steroid dienone is 16. The molecule has 0 saturated carbocycles. The summed E-state index contributed by atoms with van der Waals surface area (Å²) in [6.45, 7) is 12.4. The lowest BCUT2D eigenvalue weighted by Crippen LogP contribution is -2.25. The van der Waals surface area contributed by atoms with Crippen molar-refractivity contribution < 1.29 is 14.4 Å². The minimum absolute atomic E-state index is 0.113. The standard InChI is InChI=1S/C28H27NO.C27H32O.C26H30O/c1-18-10-12-19(13-11-18)23-8-3-6-21(23)17-22-14-15-25-26(28(22)30)24-9-2-5-20-7-4-16-29(25)27(20)24;1-27(2,3)16-20-10-4-9-18(20)15-19-13-14-22-21-11-5-7-17-8-6-12-23(24(17)21)25(22)26(19)28;1-2-3-7-17-8-4-11-19(17)16-20-14-15-22-21-12-5-9-18-10-6-13-23(24(18)21)25(22)26(20)27/h2-3,5-6,8-13,21-22H,4,7,14-17H2,1H3;4,6,8-10,12,18-19,21H,5,7,11,13-16H2,1-3H3;4,6,8,10-11,13,19-21H,2-3,5,7,9,12,14-16H2,1H3/t21?,22-;18?,19-,21?;19?,20-,21?/m111/s1. The number of aryl methyl sites for hydroxylation is 5. The van der Waals surface area contributed by atoms with E-state index in [1.807, 2.05) is 0 Å². The Bertz CT molecular complexity index is 3790. The first-order valence-electron chi connectivity index (χ1n) is 33.6. The highest BCUT2D eigenvalue weighted by atomic mass is 16.1. The van der Waals surface area contributed by atoms with Crippen LogP contribution >= 0.6 is 0 Å². The molecule has 0 saturated heterocycles. The largest absolute Gasteiger partial charge is 0.344 e.